The number of hydrogen-bond donors (Lipinski definition) is 0. The second kappa shape index (κ2) is 9.81. The van der Waals surface area contributed by atoms with Crippen molar-refractivity contribution >= 4 is 28.9 Å². The van der Waals surface area contributed by atoms with E-state index in [2.05, 4.69) is 37.2 Å². The van der Waals surface area contributed by atoms with Crippen LogP contribution in [0.15, 0.2) is 23.4 Å². The van der Waals surface area contributed by atoms with Gasteiger partial charge in [-0.05, 0) is 55.7 Å². The summed E-state index contributed by atoms with van der Waals surface area (Å²) in [5, 5.41) is 3.60. The van der Waals surface area contributed by atoms with Crippen LogP contribution >= 0.6 is 11.6 Å². The number of halogens is 1. The highest BCUT2D eigenvalue weighted by Crippen LogP contribution is 2.26. The van der Waals surface area contributed by atoms with Crippen molar-refractivity contribution in [3.05, 3.63) is 29.3 Å². The average molecular weight is 365 g/mol. The molecule has 1 atom stereocenters. The summed E-state index contributed by atoms with van der Waals surface area (Å²) in [4.78, 5) is 20.0. The fourth-order valence-electron chi connectivity index (χ4n) is 2.80. The van der Waals surface area contributed by atoms with Gasteiger partial charge in [0, 0.05) is 0 Å². The molecule has 0 bridgehead atoms. The van der Waals surface area contributed by atoms with Gasteiger partial charge < -0.3 is 4.84 Å². The van der Waals surface area contributed by atoms with Gasteiger partial charge in [0.15, 0.2) is 6.73 Å². The first-order valence-electron chi connectivity index (χ1n) is 9.35. The third-order valence-electron chi connectivity index (χ3n) is 4.56. The van der Waals surface area contributed by atoms with Gasteiger partial charge in [0.05, 0.1) is 11.4 Å². The van der Waals surface area contributed by atoms with Crippen molar-refractivity contribution in [3.63, 3.8) is 0 Å². The molecule has 0 N–H and O–H groups in total. The van der Waals surface area contributed by atoms with E-state index in [0.29, 0.717) is 6.42 Å². The molecule has 1 aliphatic rings. The van der Waals surface area contributed by atoms with E-state index in [1.165, 1.54) is 12.0 Å². The lowest BCUT2D eigenvalue weighted by Gasteiger charge is -2.26. The van der Waals surface area contributed by atoms with Crippen LogP contribution in [-0.4, -0.2) is 23.7 Å². The lowest BCUT2D eigenvalue weighted by molar-refractivity contribution is -0.119. The van der Waals surface area contributed by atoms with E-state index < -0.39 is 5.38 Å². The molecule has 0 spiro atoms. The van der Waals surface area contributed by atoms with E-state index in [1.807, 2.05) is 6.92 Å². The maximum absolute atomic E-state index is 12.8. The number of hydrogen-bond acceptors (Lipinski definition) is 3. The zero-order valence-electron chi connectivity index (χ0n) is 15.6. The van der Waals surface area contributed by atoms with Crippen molar-refractivity contribution in [2.24, 2.45) is 5.16 Å². The number of nitrogens with zero attached hydrogens (tertiary/aromatic N) is 2. The summed E-state index contributed by atoms with van der Waals surface area (Å²) in [6, 6.07) is 6.34. The Labute approximate surface area is 156 Å². The topological polar surface area (TPSA) is 41.9 Å². The molecule has 25 heavy (non-hydrogen) atoms. The average Bonchev–Trinajstić information content (AvgIpc) is 2.59. The molecule has 4 nitrogen and oxygen atoms in total. The zero-order valence-corrected chi connectivity index (χ0v) is 16.3. The summed E-state index contributed by atoms with van der Waals surface area (Å²) in [6.07, 6.45) is 6.64. The smallest absolute Gasteiger partial charge is 0.247 e. The van der Waals surface area contributed by atoms with Crippen LogP contribution in [0.5, 0.6) is 0 Å². The molecule has 0 radical (unpaired) electrons. The van der Waals surface area contributed by atoms with E-state index in [1.54, 1.807) is 4.90 Å². The van der Waals surface area contributed by atoms with Crippen LogP contribution < -0.4 is 4.90 Å². The van der Waals surface area contributed by atoms with E-state index >= 15 is 0 Å². The number of aryl methyl sites for hydroxylation is 2. The molecule has 1 aromatic rings. The molecule has 0 saturated heterocycles. The number of carbonyl (C=O) groups is 1. The predicted molar refractivity (Wildman–Crippen MR) is 104 cm³/mol. The lowest BCUT2D eigenvalue weighted by atomic mass is 9.98. The summed E-state index contributed by atoms with van der Waals surface area (Å²) in [6.45, 7) is 6.26. The largest absolute Gasteiger partial charge is 0.373 e. The Morgan fingerprint density at radius 3 is 2.64 bits per heavy atom. The fourth-order valence-corrected chi connectivity index (χ4v) is 2.92. The zero-order chi connectivity index (χ0) is 18.2. The maximum atomic E-state index is 12.8. The Bertz CT molecular complexity index is 610. The van der Waals surface area contributed by atoms with Gasteiger partial charge in [-0.15, -0.1) is 11.6 Å². The summed E-state index contributed by atoms with van der Waals surface area (Å²) in [5.41, 5.74) is 4.31. The number of rotatable bonds is 9. The van der Waals surface area contributed by atoms with Crippen LogP contribution in [0.25, 0.3) is 0 Å². The number of anilines is 1. The van der Waals surface area contributed by atoms with Crippen LogP contribution in [0.1, 0.15) is 64.0 Å². The number of amides is 1. The van der Waals surface area contributed by atoms with Gasteiger partial charge in [0.2, 0.25) is 5.91 Å². The molecule has 1 aliphatic carbocycles. The molecule has 1 unspecified atom stereocenters. The van der Waals surface area contributed by atoms with Crippen molar-refractivity contribution in [3.8, 4) is 0 Å². The van der Waals surface area contributed by atoms with Crippen LogP contribution in [0.2, 0.25) is 0 Å². The van der Waals surface area contributed by atoms with Crippen LogP contribution in [-0.2, 0) is 22.5 Å². The van der Waals surface area contributed by atoms with Crippen molar-refractivity contribution in [1.29, 1.82) is 0 Å². The Kier molecular flexibility index (Phi) is 7.76. The molecule has 2 rings (SSSR count). The number of carbonyl (C=O) groups excluding carboxylic acids is 1. The standard InChI is InChI=1S/C20H29ClN2O2/c1-4-8-15-11-12-16(5-2)19(13-15)23(20(24)18(21)6-3)14-25-22-17-9-7-10-17/h11-13,18H,4-10,14H2,1-3H3. The first-order valence-corrected chi connectivity index (χ1v) is 9.79. The highest BCUT2D eigenvalue weighted by atomic mass is 35.5. The van der Waals surface area contributed by atoms with Gasteiger partial charge in [-0.3, -0.25) is 9.69 Å². The molecular weight excluding hydrogens is 336 g/mol. The molecule has 1 saturated carbocycles. The fraction of sp³-hybridized carbons (Fsp3) is 0.600. The Morgan fingerprint density at radius 2 is 2.08 bits per heavy atom. The quantitative estimate of drug-likeness (QED) is 0.349. The minimum absolute atomic E-state index is 0.105. The summed E-state index contributed by atoms with van der Waals surface area (Å²) in [7, 11) is 0. The van der Waals surface area contributed by atoms with Crippen LogP contribution in [0.3, 0.4) is 0 Å². The van der Waals surface area contributed by atoms with E-state index in [-0.39, 0.29) is 12.6 Å². The Balaban J connectivity index is 2.28. The van der Waals surface area contributed by atoms with Crippen molar-refractivity contribution in [2.45, 2.75) is 71.1 Å². The summed E-state index contributed by atoms with van der Waals surface area (Å²) in [5.74, 6) is -0.124. The summed E-state index contributed by atoms with van der Waals surface area (Å²) >= 11 is 6.25. The SMILES string of the molecule is CCCc1ccc(CC)c(N(CON=C2CCC2)C(=O)C(Cl)CC)c1. The third kappa shape index (κ3) is 5.21. The molecular formula is C20H29ClN2O2. The first-order chi connectivity index (χ1) is 12.1. The van der Waals surface area contributed by atoms with Gasteiger partial charge >= 0.3 is 0 Å². The molecule has 0 heterocycles. The van der Waals surface area contributed by atoms with E-state index in [0.717, 1.165) is 49.1 Å². The second-order valence-electron chi connectivity index (χ2n) is 6.48. The Morgan fingerprint density at radius 1 is 1.32 bits per heavy atom. The van der Waals surface area contributed by atoms with Gasteiger partial charge in [0.25, 0.3) is 0 Å². The van der Waals surface area contributed by atoms with E-state index in [9.17, 15) is 4.79 Å². The highest BCUT2D eigenvalue weighted by Gasteiger charge is 2.25. The van der Waals surface area contributed by atoms with Crippen LogP contribution in [0.4, 0.5) is 5.69 Å². The Hall–Kier alpha value is -1.55. The number of benzene rings is 1. The number of alkyl halides is 1. The monoisotopic (exact) mass is 364 g/mol. The molecule has 138 valence electrons. The van der Waals surface area contributed by atoms with Gasteiger partial charge in [-0.2, -0.15) is 0 Å². The normalized spacial score (nSPS) is 14.6. The summed E-state index contributed by atoms with van der Waals surface area (Å²) < 4.78 is 0. The molecule has 0 aromatic heterocycles. The van der Waals surface area contributed by atoms with Gasteiger partial charge in [-0.1, -0.05) is 44.5 Å². The second-order valence-corrected chi connectivity index (χ2v) is 7.00. The predicted octanol–water partition coefficient (Wildman–Crippen LogP) is 5.07. The van der Waals surface area contributed by atoms with Crippen molar-refractivity contribution in [1.82, 2.24) is 0 Å². The molecule has 1 amide bonds. The highest BCUT2D eigenvalue weighted by molar-refractivity contribution is 6.32. The minimum atomic E-state index is -0.556. The van der Waals surface area contributed by atoms with Gasteiger partial charge in [-0.25, -0.2) is 0 Å². The van der Waals surface area contributed by atoms with Crippen molar-refractivity contribution in [2.75, 3.05) is 11.6 Å². The number of oxime groups is 1. The van der Waals surface area contributed by atoms with E-state index in [4.69, 9.17) is 16.4 Å². The molecule has 0 aliphatic heterocycles. The lowest BCUT2D eigenvalue weighted by Crippen LogP contribution is -2.38. The minimum Gasteiger partial charge on any atom is -0.373 e. The third-order valence-corrected chi connectivity index (χ3v) is 5.06. The van der Waals surface area contributed by atoms with Crippen LogP contribution in [0, 0.1) is 0 Å². The van der Waals surface area contributed by atoms with Gasteiger partial charge in [0.1, 0.15) is 5.38 Å². The molecule has 1 aromatic carbocycles. The molecule has 5 heteroatoms. The first kappa shape index (κ1) is 19.8. The maximum Gasteiger partial charge on any atom is 0.247 e. The molecule has 1 fully saturated rings. The van der Waals surface area contributed by atoms with Crippen molar-refractivity contribution < 1.29 is 9.63 Å².